The molecule has 1 aliphatic heterocycles. The summed E-state index contributed by atoms with van der Waals surface area (Å²) in [5.74, 6) is 2.44. The first-order chi connectivity index (χ1) is 17.1. The van der Waals surface area contributed by atoms with Crippen molar-refractivity contribution in [1.29, 1.82) is 0 Å². The maximum absolute atomic E-state index is 13.0. The molecule has 35 heavy (non-hydrogen) atoms. The number of imidazole rings is 1. The van der Waals surface area contributed by atoms with Crippen LogP contribution in [0.15, 0.2) is 52.3 Å². The highest BCUT2D eigenvalue weighted by molar-refractivity contribution is 5.75. The molecule has 0 amide bonds. The molecule has 0 bridgehead atoms. The summed E-state index contributed by atoms with van der Waals surface area (Å²) in [6.07, 6.45) is 5.06. The Bertz CT molecular complexity index is 1410. The van der Waals surface area contributed by atoms with Crippen LogP contribution < -0.4 is 21.0 Å². The summed E-state index contributed by atoms with van der Waals surface area (Å²) in [6, 6.07) is 9.91. The number of aryl methyl sites for hydroxylation is 1. The van der Waals surface area contributed by atoms with Gasteiger partial charge in [0.2, 0.25) is 0 Å². The van der Waals surface area contributed by atoms with E-state index in [1.165, 1.54) is 4.57 Å². The average Bonchev–Trinajstić information content (AvgIpc) is 3.35. The number of nitrogens with one attached hydrogen (secondary N) is 1. The number of pyridine rings is 2. The standard InChI is InChI=1S/C25H30N8O2/c1-3-11-32-23-21(24(34)33(12-4-2)25(32)35)28-22(29-23)18-8-9-20(27-17-18)31-15-13-30(14-16-31)19-7-5-6-10-26-19/h5-10,17H,3-4,11-16H2,1-2H3,(H,28,29). The Hall–Kier alpha value is -3.95. The Morgan fingerprint density at radius 3 is 2.14 bits per heavy atom. The lowest BCUT2D eigenvalue weighted by Crippen LogP contribution is -2.47. The summed E-state index contributed by atoms with van der Waals surface area (Å²) in [6.45, 7) is 8.30. The van der Waals surface area contributed by atoms with Gasteiger partial charge in [-0.25, -0.2) is 19.7 Å². The van der Waals surface area contributed by atoms with Crippen LogP contribution in [0, 0.1) is 0 Å². The van der Waals surface area contributed by atoms with E-state index < -0.39 is 0 Å². The summed E-state index contributed by atoms with van der Waals surface area (Å²) in [4.78, 5) is 47.3. The number of rotatable bonds is 7. The van der Waals surface area contributed by atoms with Crippen LogP contribution in [0.5, 0.6) is 0 Å². The molecule has 10 nitrogen and oxygen atoms in total. The van der Waals surface area contributed by atoms with Crippen LogP contribution in [0.4, 0.5) is 11.6 Å². The van der Waals surface area contributed by atoms with Gasteiger partial charge in [0.15, 0.2) is 5.65 Å². The number of hydrogen-bond donors (Lipinski definition) is 1. The number of H-pyrrole nitrogens is 1. The maximum Gasteiger partial charge on any atom is 0.332 e. The van der Waals surface area contributed by atoms with Gasteiger partial charge in [0.1, 0.15) is 23.0 Å². The molecule has 1 saturated heterocycles. The van der Waals surface area contributed by atoms with E-state index in [0.717, 1.165) is 49.8 Å². The lowest BCUT2D eigenvalue weighted by molar-refractivity contribution is 0.555. The molecule has 1 N–H and O–H groups in total. The van der Waals surface area contributed by atoms with Crippen molar-refractivity contribution in [3.63, 3.8) is 0 Å². The van der Waals surface area contributed by atoms with E-state index in [4.69, 9.17) is 0 Å². The largest absolute Gasteiger partial charge is 0.353 e. The monoisotopic (exact) mass is 474 g/mol. The van der Waals surface area contributed by atoms with E-state index in [1.54, 1.807) is 10.8 Å². The van der Waals surface area contributed by atoms with Gasteiger partial charge in [0.05, 0.1) is 0 Å². The number of piperazine rings is 1. The zero-order valence-electron chi connectivity index (χ0n) is 20.1. The fraction of sp³-hybridized carbons (Fsp3) is 0.400. The number of nitrogens with zero attached hydrogens (tertiary/aromatic N) is 7. The number of anilines is 2. The molecule has 0 aliphatic carbocycles. The van der Waals surface area contributed by atoms with E-state index >= 15 is 0 Å². The first-order valence-electron chi connectivity index (χ1n) is 12.2. The minimum atomic E-state index is -0.326. The van der Waals surface area contributed by atoms with Gasteiger partial charge in [0.25, 0.3) is 5.56 Å². The van der Waals surface area contributed by atoms with Gasteiger partial charge in [-0.1, -0.05) is 19.9 Å². The van der Waals surface area contributed by atoms with Gasteiger partial charge in [0, 0.05) is 57.2 Å². The second kappa shape index (κ2) is 9.73. The van der Waals surface area contributed by atoms with Crippen molar-refractivity contribution in [3.05, 3.63) is 63.6 Å². The summed E-state index contributed by atoms with van der Waals surface area (Å²) >= 11 is 0. The molecule has 182 valence electrons. The van der Waals surface area contributed by atoms with Gasteiger partial charge >= 0.3 is 5.69 Å². The van der Waals surface area contributed by atoms with Crippen LogP contribution in [0.25, 0.3) is 22.6 Å². The Morgan fingerprint density at radius 2 is 1.54 bits per heavy atom. The van der Waals surface area contributed by atoms with Crippen molar-refractivity contribution in [2.45, 2.75) is 39.8 Å². The Balaban J connectivity index is 1.39. The molecule has 0 spiro atoms. The topological polar surface area (TPSA) is 105 Å². The molecule has 0 atom stereocenters. The van der Waals surface area contributed by atoms with E-state index in [2.05, 4.69) is 29.7 Å². The fourth-order valence-electron chi connectivity index (χ4n) is 4.57. The van der Waals surface area contributed by atoms with E-state index in [0.29, 0.717) is 36.5 Å². The van der Waals surface area contributed by atoms with Crippen molar-refractivity contribution >= 4 is 22.8 Å². The fourth-order valence-corrected chi connectivity index (χ4v) is 4.57. The van der Waals surface area contributed by atoms with Crippen LogP contribution >= 0.6 is 0 Å². The molecule has 5 rings (SSSR count). The molecule has 4 aromatic rings. The zero-order chi connectivity index (χ0) is 24.4. The molecule has 0 saturated carbocycles. The van der Waals surface area contributed by atoms with Crippen LogP contribution in [-0.2, 0) is 13.1 Å². The van der Waals surface area contributed by atoms with Gasteiger partial charge < -0.3 is 14.8 Å². The first kappa shape index (κ1) is 22.8. The maximum atomic E-state index is 13.0. The molecule has 0 aromatic carbocycles. The summed E-state index contributed by atoms with van der Waals surface area (Å²) in [5.41, 5.74) is 0.903. The summed E-state index contributed by atoms with van der Waals surface area (Å²) in [5, 5.41) is 0. The van der Waals surface area contributed by atoms with Gasteiger partial charge in [-0.2, -0.15) is 0 Å². The Labute approximate surface area is 202 Å². The molecular formula is C25H30N8O2. The SMILES string of the molecule is CCCn1c(=O)c2[nH]c(-c3ccc(N4CCN(c5ccccn5)CC4)nc3)nc2n(CCC)c1=O. The van der Waals surface area contributed by atoms with E-state index in [1.807, 2.05) is 50.4 Å². The Kier molecular flexibility index (Phi) is 6.35. The average molecular weight is 475 g/mol. The molecule has 5 heterocycles. The molecule has 0 unspecified atom stereocenters. The van der Waals surface area contributed by atoms with Crippen molar-refractivity contribution < 1.29 is 0 Å². The summed E-state index contributed by atoms with van der Waals surface area (Å²) in [7, 11) is 0. The lowest BCUT2D eigenvalue weighted by atomic mass is 10.2. The molecular weight excluding hydrogens is 444 g/mol. The van der Waals surface area contributed by atoms with Gasteiger partial charge in [-0.3, -0.25) is 13.9 Å². The minimum absolute atomic E-state index is 0.303. The normalized spacial score (nSPS) is 14.1. The van der Waals surface area contributed by atoms with Crippen molar-refractivity contribution in [2.24, 2.45) is 0 Å². The Morgan fingerprint density at radius 1 is 0.857 bits per heavy atom. The highest BCUT2D eigenvalue weighted by Crippen LogP contribution is 2.22. The third-order valence-corrected chi connectivity index (χ3v) is 6.35. The highest BCUT2D eigenvalue weighted by atomic mass is 16.2. The molecule has 1 aliphatic rings. The van der Waals surface area contributed by atoms with Crippen molar-refractivity contribution in [3.8, 4) is 11.4 Å². The number of aromatic amines is 1. The molecule has 4 aromatic heterocycles. The van der Waals surface area contributed by atoms with E-state index in [-0.39, 0.29) is 11.2 Å². The quantitative estimate of drug-likeness (QED) is 0.439. The van der Waals surface area contributed by atoms with Crippen LogP contribution in [0.3, 0.4) is 0 Å². The van der Waals surface area contributed by atoms with Crippen molar-refractivity contribution in [2.75, 3.05) is 36.0 Å². The van der Waals surface area contributed by atoms with Crippen LogP contribution in [0.2, 0.25) is 0 Å². The number of fused-ring (bicyclic) bond motifs is 1. The second-order valence-corrected chi connectivity index (χ2v) is 8.74. The van der Waals surface area contributed by atoms with Gasteiger partial charge in [-0.05, 0) is 37.1 Å². The second-order valence-electron chi connectivity index (χ2n) is 8.74. The molecule has 0 radical (unpaired) electrons. The van der Waals surface area contributed by atoms with E-state index in [9.17, 15) is 9.59 Å². The minimum Gasteiger partial charge on any atom is -0.353 e. The third kappa shape index (κ3) is 4.31. The smallest absolute Gasteiger partial charge is 0.332 e. The van der Waals surface area contributed by atoms with Crippen LogP contribution in [0.1, 0.15) is 26.7 Å². The number of aromatic nitrogens is 6. The lowest BCUT2D eigenvalue weighted by Gasteiger charge is -2.36. The predicted molar refractivity (Wildman–Crippen MR) is 137 cm³/mol. The van der Waals surface area contributed by atoms with Gasteiger partial charge in [-0.15, -0.1) is 0 Å². The highest BCUT2D eigenvalue weighted by Gasteiger charge is 2.20. The first-order valence-corrected chi connectivity index (χ1v) is 12.2. The zero-order valence-corrected chi connectivity index (χ0v) is 20.1. The molecule has 10 heteroatoms. The van der Waals surface area contributed by atoms with Crippen molar-refractivity contribution in [1.82, 2.24) is 29.1 Å². The number of hydrogen-bond acceptors (Lipinski definition) is 7. The predicted octanol–water partition coefficient (Wildman–Crippen LogP) is 2.49. The van der Waals surface area contributed by atoms with Crippen LogP contribution in [-0.4, -0.2) is 55.2 Å². The molecule has 1 fully saturated rings. The third-order valence-electron chi connectivity index (χ3n) is 6.35. The summed E-state index contributed by atoms with van der Waals surface area (Å²) < 4.78 is 2.89.